The van der Waals surface area contributed by atoms with Crippen molar-refractivity contribution >= 4 is 17.5 Å². The second-order valence-electron chi connectivity index (χ2n) is 7.43. The number of rotatable bonds is 7. The average molecular weight is 430 g/mol. The normalized spacial score (nSPS) is 10.8. The van der Waals surface area contributed by atoms with E-state index in [4.69, 9.17) is 5.10 Å². The van der Waals surface area contributed by atoms with Gasteiger partial charge in [0, 0.05) is 11.8 Å². The van der Waals surface area contributed by atoms with Gasteiger partial charge in [-0.25, -0.2) is 14.2 Å². The Labute approximate surface area is 185 Å². The predicted octanol–water partition coefficient (Wildman–Crippen LogP) is 5.78. The number of aryl methyl sites for hydroxylation is 2. The van der Waals surface area contributed by atoms with Gasteiger partial charge in [-0.1, -0.05) is 49.7 Å². The van der Waals surface area contributed by atoms with E-state index < -0.39 is 5.97 Å². The lowest BCUT2D eigenvalue weighted by molar-refractivity contribution is 0.0698. The van der Waals surface area contributed by atoms with Gasteiger partial charge >= 0.3 is 5.97 Å². The summed E-state index contributed by atoms with van der Waals surface area (Å²) < 4.78 is 16.6. The summed E-state index contributed by atoms with van der Waals surface area (Å²) >= 11 is 0. The number of carbonyl (C=O) groups is 1. The van der Waals surface area contributed by atoms with Crippen LogP contribution in [0.1, 0.15) is 35.0 Å². The smallest absolute Gasteiger partial charge is 0.337 e. The number of hydrogen-bond acceptors (Lipinski definition) is 4. The molecule has 0 fully saturated rings. The molecule has 0 spiro atoms. The van der Waals surface area contributed by atoms with E-state index in [1.807, 2.05) is 26.0 Å². The summed E-state index contributed by atoms with van der Waals surface area (Å²) in [5, 5.41) is 17.7. The van der Waals surface area contributed by atoms with Gasteiger partial charge in [-0.2, -0.15) is 9.78 Å². The molecule has 0 aliphatic rings. The molecule has 0 unspecified atom stereocenters. The molecule has 0 aliphatic heterocycles. The van der Waals surface area contributed by atoms with Crippen LogP contribution >= 0.6 is 0 Å². The first-order valence-electron chi connectivity index (χ1n) is 10.4. The molecule has 7 heteroatoms. The Morgan fingerprint density at radius 1 is 1.09 bits per heavy atom. The molecule has 0 saturated heterocycles. The summed E-state index contributed by atoms with van der Waals surface area (Å²) in [6, 6.07) is 16.9. The second-order valence-corrected chi connectivity index (χ2v) is 7.43. The van der Waals surface area contributed by atoms with Gasteiger partial charge in [0.2, 0.25) is 0 Å². The van der Waals surface area contributed by atoms with Crippen molar-refractivity contribution in [3.05, 3.63) is 89.5 Å². The zero-order valence-corrected chi connectivity index (χ0v) is 17.8. The maximum absolute atomic E-state index is 14.9. The van der Waals surface area contributed by atoms with E-state index in [1.165, 1.54) is 12.1 Å². The number of carboxylic acids is 1. The van der Waals surface area contributed by atoms with E-state index in [1.54, 1.807) is 47.3 Å². The van der Waals surface area contributed by atoms with Gasteiger partial charge in [0.25, 0.3) is 0 Å². The summed E-state index contributed by atoms with van der Waals surface area (Å²) in [7, 11) is 0. The van der Waals surface area contributed by atoms with Gasteiger partial charge in [0.05, 0.1) is 22.5 Å². The Hall–Kier alpha value is -4.00. The molecule has 2 heterocycles. The lowest BCUT2D eigenvalue weighted by Gasteiger charge is -2.15. The molecule has 6 nitrogen and oxygen atoms in total. The Balaban J connectivity index is 2.02. The number of benzene rings is 2. The summed E-state index contributed by atoms with van der Waals surface area (Å²) in [5.41, 5.74) is 3.07. The molecule has 4 aromatic rings. The maximum Gasteiger partial charge on any atom is 0.337 e. The number of nitrogens with one attached hydrogen (secondary N) is 1. The number of anilines is 2. The van der Waals surface area contributed by atoms with E-state index in [-0.39, 0.29) is 11.4 Å². The van der Waals surface area contributed by atoms with Gasteiger partial charge in [-0.3, -0.25) is 0 Å². The number of pyridine rings is 1. The van der Waals surface area contributed by atoms with Crippen molar-refractivity contribution in [2.75, 3.05) is 5.32 Å². The Morgan fingerprint density at radius 2 is 1.84 bits per heavy atom. The highest BCUT2D eigenvalue weighted by molar-refractivity contribution is 5.96. The third-order valence-corrected chi connectivity index (χ3v) is 5.18. The Bertz CT molecular complexity index is 1280. The van der Waals surface area contributed by atoms with Crippen molar-refractivity contribution in [1.29, 1.82) is 0 Å². The largest absolute Gasteiger partial charge is 0.478 e. The summed E-state index contributed by atoms with van der Waals surface area (Å²) in [5.74, 6) is -0.386. The van der Waals surface area contributed by atoms with Crippen molar-refractivity contribution in [1.82, 2.24) is 14.8 Å². The first-order chi connectivity index (χ1) is 15.5. The molecule has 0 radical (unpaired) electrons. The Morgan fingerprint density at radius 3 is 2.56 bits per heavy atom. The molecular weight excluding hydrogens is 407 g/mol. The predicted molar refractivity (Wildman–Crippen MR) is 122 cm³/mol. The number of hydrogen-bond donors (Lipinski definition) is 2. The van der Waals surface area contributed by atoms with Crippen molar-refractivity contribution in [2.45, 2.75) is 26.7 Å². The quantitative estimate of drug-likeness (QED) is 0.389. The van der Waals surface area contributed by atoms with E-state index in [0.717, 1.165) is 12.0 Å². The third kappa shape index (κ3) is 3.97. The van der Waals surface area contributed by atoms with Gasteiger partial charge in [-0.15, -0.1) is 0 Å². The molecule has 2 aromatic carbocycles. The first-order valence-corrected chi connectivity index (χ1v) is 10.4. The number of aromatic nitrogens is 3. The number of aromatic carboxylic acids is 1. The topological polar surface area (TPSA) is 80.0 Å². The van der Waals surface area contributed by atoms with Crippen LogP contribution in [0.2, 0.25) is 0 Å². The van der Waals surface area contributed by atoms with Gasteiger partial charge in [-0.05, 0) is 43.2 Å². The van der Waals surface area contributed by atoms with E-state index in [2.05, 4.69) is 10.3 Å². The molecule has 0 saturated carbocycles. The molecule has 2 N–H and O–H groups in total. The molecule has 0 atom stereocenters. The summed E-state index contributed by atoms with van der Waals surface area (Å²) in [4.78, 5) is 16.3. The second kappa shape index (κ2) is 9.01. The number of para-hydroxylation sites is 1. The highest BCUT2D eigenvalue weighted by Gasteiger charge is 2.24. The minimum absolute atomic E-state index is 0.106. The van der Waals surface area contributed by atoms with Crippen molar-refractivity contribution in [2.24, 2.45) is 0 Å². The first kappa shape index (κ1) is 21.2. The fourth-order valence-electron chi connectivity index (χ4n) is 3.70. The zero-order chi connectivity index (χ0) is 22.7. The zero-order valence-electron chi connectivity index (χ0n) is 17.8. The van der Waals surface area contributed by atoms with E-state index in [9.17, 15) is 14.3 Å². The van der Waals surface area contributed by atoms with Crippen LogP contribution in [0.5, 0.6) is 0 Å². The molecular formula is C25H23FN4O2. The highest BCUT2D eigenvalue weighted by atomic mass is 19.1. The van der Waals surface area contributed by atoms with E-state index >= 15 is 0 Å². The molecule has 2 aromatic heterocycles. The van der Waals surface area contributed by atoms with Gasteiger partial charge in [0.15, 0.2) is 5.82 Å². The molecule has 32 heavy (non-hydrogen) atoms. The van der Waals surface area contributed by atoms with Crippen LogP contribution in [0.25, 0.3) is 16.9 Å². The van der Waals surface area contributed by atoms with Gasteiger partial charge < -0.3 is 10.4 Å². The van der Waals surface area contributed by atoms with Crippen molar-refractivity contribution in [3.63, 3.8) is 0 Å². The molecule has 0 aliphatic carbocycles. The average Bonchev–Trinajstić information content (AvgIpc) is 3.12. The van der Waals surface area contributed by atoms with E-state index in [0.29, 0.717) is 40.6 Å². The monoisotopic (exact) mass is 430 g/mol. The fraction of sp³-hybridized carbons (Fsp3) is 0.160. The standard InChI is InChI=1S/C25H23FN4O2/c1-3-9-21-22(17-11-4-6-13-19(17)26)24(28-20-14-7-5-12-18(20)25(31)32)30(29-21)23-16(2)10-8-15-27-23/h4-8,10-15,28H,3,9H2,1-2H3,(H,31,32). The van der Waals surface area contributed by atoms with Crippen LogP contribution in [0, 0.1) is 12.7 Å². The number of halogens is 1. The highest BCUT2D eigenvalue weighted by Crippen LogP contribution is 2.38. The van der Waals surface area contributed by atoms with Crippen molar-refractivity contribution < 1.29 is 14.3 Å². The maximum atomic E-state index is 14.9. The molecule has 4 rings (SSSR count). The minimum Gasteiger partial charge on any atom is -0.478 e. The number of carboxylic acid groups (broad SMARTS) is 1. The summed E-state index contributed by atoms with van der Waals surface area (Å²) in [6.45, 7) is 3.95. The fourth-order valence-corrected chi connectivity index (χ4v) is 3.70. The lowest BCUT2D eigenvalue weighted by atomic mass is 10.0. The van der Waals surface area contributed by atoms with Crippen LogP contribution < -0.4 is 5.32 Å². The number of nitrogens with zero attached hydrogens (tertiary/aromatic N) is 3. The molecule has 162 valence electrons. The van der Waals surface area contributed by atoms with Crippen LogP contribution in [0.15, 0.2) is 66.9 Å². The molecule has 0 amide bonds. The van der Waals surface area contributed by atoms with Crippen LogP contribution in [0.3, 0.4) is 0 Å². The summed E-state index contributed by atoms with van der Waals surface area (Å²) in [6.07, 6.45) is 3.10. The SMILES string of the molecule is CCCc1nn(-c2ncccc2C)c(Nc2ccccc2C(=O)O)c1-c1ccccc1F. The molecule has 0 bridgehead atoms. The van der Waals surface area contributed by atoms with Crippen LogP contribution in [-0.2, 0) is 6.42 Å². The third-order valence-electron chi connectivity index (χ3n) is 5.18. The van der Waals surface area contributed by atoms with Crippen molar-refractivity contribution in [3.8, 4) is 16.9 Å². The lowest BCUT2D eigenvalue weighted by Crippen LogP contribution is -2.09. The van der Waals surface area contributed by atoms with Gasteiger partial charge in [0.1, 0.15) is 11.6 Å². The van der Waals surface area contributed by atoms with Crippen LogP contribution in [0.4, 0.5) is 15.9 Å². The Kier molecular flexibility index (Phi) is 5.98. The van der Waals surface area contributed by atoms with Crippen LogP contribution in [-0.4, -0.2) is 25.8 Å². The minimum atomic E-state index is -1.06.